The summed E-state index contributed by atoms with van der Waals surface area (Å²) in [4.78, 5) is 12.6. The van der Waals surface area contributed by atoms with Crippen LogP contribution in [-0.2, 0) is 28.5 Å². The quantitative estimate of drug-likeness (QED) is 0.0900. The van der Waals surface area contributed by atoms with Gasteiger partial charge in [-0.15, -0.1) is 0 Å². The fourth-order valence-electron chi connectivity index (χ4n) is 5.27. The van der Waals surface area contributed by atoms with Crippen molar-refractivity contribution < 1.29 is 64.2 Å². The third-order valence-electron chi connectivity index (χ3n) is 7.26. The molecule has 0 bridgehead atoms. The summed E-state index contributed by atoms with van der Waals surface area (Å²) >= 11 is 0. The first-order valence-electron chi connectivity index (χ1n) is 11.7. The van der Waals surface area contributed by atoms with Crippen LogP contribution in [0.25, 0.3) is 6.08 Å². The molecule has 0 radical (unpaired) electrons. The van der Waals surface area contributed by atoms with Gasteiger partial charge in [-0.3, -0.25) is 0 Å². The smallest absolute Gasteiger partial charge is 0.331 e. The van der Waals surface area contributed by atoms with Crippen LogP contribution in [0, 0.1) is 11.8 Å². The van der Waals surface area contributed by atoms with E-state index in [9.17, 15) is 40.5 Å². The molecule has 1 unspecified atom stereocenters. The predicted octanol–water partition coefficient (Wildman–Crippen LogP) is -1.91. The predicted molar refractivity (Wildman–Crippen MR) is 119 cm³/mol. The number of aliphatic hydroxyl groups excluding tert-OH is 5. The second-order valence-electron chi connectivity index (χ2n) is 9.40. The van der Waals surface area contributed by atoms with Crippen molar-refractivity contribution in [3.63, 3.8) is 0 Å². The summed E-state index contributed by atoms with van der Waals surface area (Å²) in [7, 11) is 0. The topological polar surface area (TPSA) is 208 Å². The lowest BCUT2D eigenvalue weighted by atomic mass is 9.85. The molecule has 202 valence electrons. The van der Waals surface area contributed by atoms with E-state index in [2.05, 4.69) is 0 Å². The number of phenols is 2. The van der Waals surface area contributed by atoms with Crippen LogP contribution in [0.3, 0.4) is 0 Å². The minimum absolute atomic E-state index is 0.297. The largest absolute Gasteiger partial charge is 0.504 e. The Bertz CT molecular complexity index is 1070. The number of carbonyl (C=O) groups excluding carboxylic acids is 1. The molecule has 3 fully saturated rings. The molecule has 1 aliphatic carbocycles. The number of fused-ring (bicyclic) bond motifs is 3. The van der Waals surface area contributed by atoms with E-state index in [1.807, 2.05) is 0 Å². The highest BCUT2D eigenvalue weighted by Crippen LogP contribution is 2.60. The number of phenolic OH excluding ortho intramolecular Hbond substituents is 2. The van der Waals surface area contributed by atoms with Crippen molar-refractivity contribution in [2.45, 2.75) is 54.8 Å². The number of hydrogen-bond acceptors (Lipinski definition) is 13. The Kier molecular flexibility index (Phi) is 6.89. The lowest BCUT2D eigenvalue weighted by molar-refractivity contribution is -0.344. The Morgan fingerprint density at radius 3 is 2.54 bits per heavy atom. The van der Waals surface area contributed by atoms with Gasteiger partial charge in [-0.1, -0.05) is 6.07 Å². The summed E-state index contributed by atoms with van der Waals surface area (Å²) in [6.07, 6.45) is -4.68. The van der Waals surface area contributed by atoms with Crippen LogP contribution < -0.4 is 0 Å². The van der Waals surface area contributed by atoms with Gasteiger partial charge in [-0.25, -0.2) is 4.79 Å². The Balaban J connectivity index is 1.30. The molecule has 0 spiro atoms. The summed E-state index contributed by atoms with van der Waals surface area (Å²) in [5.74, 6) is -2.56. The second kappa shape index (κ2) is 9.85. The lowest BCUT2D eigenvalue weighted by Crippen LogP contribution is -2.60. The third-order valence-corrected chi connectivity index (χ3v) is 7.26. The molecular weight excluding hydrogens is 496 g/mol. The van der Waals surface area contributed by atoms with Crippen molar-refractivity contribution in [1.29, 1.82) is 0 Å². The van der Waals surface area contributed by atoms with Gasteiger partial charge in [0.25, 0.3) is 0 Å². The molecule has 11 atom stereocenters. The lowest BCUT2D eigenvalue weighted by Gasteiger charge is -2.43. The van der Waals surface area contributed by atoms with Gasteiger partial charge in [0, 0.05) is 12.0 Å². The molecule has 4 aliphatic rings. The standard InChI is InChI=1S/C24H28O13/c25-8-14-17(30)18(31)19(32)23(34-14)36-22-16-11(5-6-33-22)20(21-24(16,9-26)37-21)35-15(29)4-2-10-1-3-12(27)13(28)7-10/h1-7,11,14,16-23,25-28,30-32H,8-9H2/b4-2+/t11-,14-,16?,17-,18+,19-,20+,21+,22+,23+,24-/m1/s1. The first-order valence-corrected chi connectivity index (χ1v) is 11.7. The zero-order valence-electron chi connectivity index (χ0n) is 19.3. The van der Waals surface area contributed by atoms with Gasteiger partial charge in [-0.2, -0.15) is 0 Å². The van der Waals surface area contributed by atoms with Gasteiger partial charge >= 0.3 is 5.97 Å². The second-order valence-corrected chi connectivity index (χ2v) is 9.40. The normalized spacial score (nSPS) is 42.2. The van der Waals surface area contributed by atoms with Crippen molar-refractivity contribution in [3.05, 3.63) is 42.2 Å². The van der Waals surface area contributed by atoms with E-state index < -0.39 is 85.8 Å². The first-order chi connectivity index (χ1) is 17.7. The van der Waals surface area contributed by atoms with Crippen molar-refractivity contribution in [2.75, 3.05) is 13.2 Å². The van der Waals surface area contributed by atoms with Gasteiger partial charge in [0.2, 0.25) is 6.29 Å². The molecule has 7 N–H and O–H groups in total. The number of rotatable bonds is 7. The fourth-order valence-corrected chi connectivity index (χ4v) is 5.27. The minimum atomic E-state index is -1.66. The number of hydrogen-bond donors (Lipinski definition) is 7. The average Bonchev–Trinajstić information content (AvgIpc) is 3.57. The molecule has 13 nitrogen and oxygen atoms in total. The molecule has 3 aliphatic heterocycles. The SMILES string of the molecule is O=C(/C=C/c1ccc(O)c(O)c1)O[C@H]1[C@@H]2C=CO[C@@H](O[C@@H]3O[C@H](CO)[C@@H](O)[C@H](O)[C@H]3O)C2[C@@]2(CO)O[C@@H]12. The average molecular weight is 524 g/mol. The number of ether oxygens (including phenoxy) is 5. The minimum Gasteiger partial charge on any atom is -0.504 e. The van der Waals surface area contributed by atoms with Crippen LogP contribution in [0.4, 0.5) is 0 Å². The van der Waals surface area contributed by atoms with Gasteiger partial charge in [0.05, 0.1) is 25.4 Å². The highest BCUT2D eigenvalue weighted by molar-refractivity contribution is 5.87. The van der Waals surface area contributed by atoms with E-state index in [1.165, 1.54) is 30.5 Å². The molecule has 13 heteroatoms. The summed E-state index contributed by atoms with van der Waals surface area (Å²) in [5.41, 5.74) is -0.714. The maximum absolute atomic E-state index is 12.6. The molecule has 2 saturated heterocycles. The zero-order chi connectivity index (χ0) is 26.5. The highest BCUT2D eigenvalue weighted by atomic mass is 16.8. The summed E-state index contributed by atoms with van der Waals surface area (Å²) in [6, 6.07) is 4.04. The fraction of sp³-hybridized carbons (Fsp3) is 0.542. The van der Waals surface area contributed by atoms with E-state index in [0.717, 1.165) is 6.08 Å². The zero-order valence-corrected chi connectivity index (χ0v) is 19.3. The maximum Gasteiger partial charge on any atom is 0.331 e. The van der Waals surface area contributed by atoms with Crippen molar-refractivity contribution in [2.24, 2.45) is 11.8 Å². The van der Waals surface area contributed by atoms with Crippen molar-refractivity contribution in [1.82, 2.24) is 0 Å². The van der Waals surface area contributed by atoms with E-state index in [-0.39, 0.29) is 11.5 Å². The number of carbonyl (C=O) groups is 1. The van der Waals surface area contributed by atoms with Crippen molar-refractivity contribution >= 4 is 12.0 Å². The Labute approximate surface area is 210 Å². The summed E-state index contributed by atoms with van der Waals surface area (Å²) in [5, 5.41) is 69.0. The van der Waals surface area contributed by atoms with Crippen LogP contribution in [0.15, 0.2) is 36.6 Å². The monoisotopic (exact) mass is 524 g/mol. The molecule has 0 aromatic heterocycles. The number of epoxide rings is 1. The van der Waals surface area contributed by atoms with Crippen LogP contribution in [0.1, 0.15) is 5.56 Å². The van der Waals surface area contributed by atoms with Crippen LogP contribution in [-0.4, -0.2) is 110 Å². The van der Waals surface area contributed by atoms with Crippen molar-refractivity contribution in [3.8, 4) is 11.5 Å². The Hall–Kier alpha value is -2.75. The summed E-state index contributed by atoms with van der Waals surface area (Å²) in [6.45, 7) is -1.08. The van der Waals surface area contributed by atoms with Gasteiger partial charge in [0.15, 0.2) is 17.8 Å². The Morgan fingerprint density at radius 1 is 1.05 bits per heavy atom. The van der Waals surface area contributed by atoms with Gasteiger partial charge < -0.3 is 59.4 Å². The number of aliphatic hydroxyl groups is 5. The van der Waals surface area contributed by atoms with E-state index >= 15 is 0 Å². The highest BCUT2D eigenvalue weighted by Gasteiger charge is 2.77. The van der Waals surface area contributed by atoms with E-state index in [0.29, 0.717) is 5.56 Å². The molecule has 0 amide bonds. The molecular formula is C24H28O13. The molecule has 1 aromatic carbocycles. The number of benzene rings is 1. The molecule has 3 heterocycles. The van der Waals surface area contributed by atoms with E-state index in [4.69, 9.17) is 23.7 Å². The number of aromatic hydroxyl groups is 2. The summed E-state index contributed by atoms with van der Waals surface area (Å²) < 4.78 is 28.2. The molecule has 1 aromatic rings. The van der Waals surface area contributed by atoms with Crippen LogP contribution in [0.2, 0.25) is 0 Å². The molecule has 1 saturated carbocycles. The van der Waals surface area contributed by atoms with Crippen LogP contribution >= 0.6 is 0 Å². The van der Waals surface area contributed by atoms with E-state index in [1.54, 1.807) is 6.08 Å². The molecule has 37 heavy (non-hydrogen) atoms. The van der Waals surface area contributed by atoms with Gasteiger partial charge in [0.1, 0.15) is 42.2 Å². The molecule has 5 rings (SSSR count). The number of esters is 1. The van der Waals surface area contributed by atoms with Gasteiger partial charge in [-0.05, 0) is 29.8 Å². The van der Waals surface area contributed by atoms with Crippen LogP contribution in [0.5, 0.6) is 11.5 Å². The first kappa shape index (κ1) is 25.9. The third kappa shape index (κ3) is 4.47. The maximum atomic E-state index is 12.6. The Morgan fingerprint density at radius 2 is 1.84 bits per heavy atom.